The van der Waals surface area contributed by atoms with Gasteiger partial charge in [-0.2, -0.15) is 10.4 Å². The highest BCUT2D eigenvalue weighted by Gasteiger charge is 2.18. The molecule has 2 N–H and O–H groups in total. The van der Waals surface area contributed by atoms with Gasteiger partial charge in [-0.3, -0.25) is 0 Å². The standard InChI is InChI=1S/C26H21N7/c27-15-14-19-10-7-13-22(16-19)31-24-23-25(30-21-11-5-2-6-12-21)32-33(26(23)29-18-28-24)17-20-8-3-1-4-9-20/h1-13,16,18H,14,17H2,(H,30,32)(H,28,29,31). The summed E-state index contributed by atoms with van der Waals surface area (Å²) >= 11 is 0. The minimum absolute atomic E-state index is 0.352. The number of nitrogens with zero attached hydrogens (tertiary/aromatic N) is 5. The number of hydrogen-bond acceptors (Lipinski definition) is 6. The van der Waals surface area contributed by atoms with Crippen LogP contribution in [-0.4, -0.2) is 19.7 Å². The largest absolute Gasteiger partial charge is 0.339 e. The zero-order valence-electron chi connectivity index (χ0n) is 17.8. The lowest BCUT2D eigenvalue weighted by molar-refractivity contribution is 0.707. The summed E-state index contributed by atoms with van der Waals surface area (Å²) in [4.78, 5) is 9.08. The van der Waals surface area contributed by atoms with E-state index in [0.29, 0.717) is 24.6 Å². The first-order valence-corrected chi connectivity index (χ1v) is 10.6. The quantitative estimate of drug-likeness (QED) is 0.357. The van der Waals surface area contributed by atoms with Gasteiger partial charge in [-0.1, -0.05) is 60.7 Å². The molecule has 0 fully saturated rings. The summed E-state index contributed by atoms with van der Waals surface area (Å²) in [5, 5.41) is 21.5. The Morgan fingerprint density at radius 3 is 2.24 bits per heavy atom. The van der Waals surface area contributed by atoms with E-state index < -0.39 is 0 Å². The van der Waals surface area contributed by atoms with Crippen molar-refractivity contribution in [2.45, 2.75) is 13.0 Å². The molecule has 0 amide bonds. The third-order valence-electron chi connectivity index (χ3n) is 5.21. The Hall–Kier alpha value is -4.70. The maximum absolute atomic E-state index is 9.03. The molecule has 0 unspecified atom stereocenters. The van der Waals surface area contributed by atoms with Gasteiger partial charge in [0.05, 0.1) is 19.0 Å². The normalized spacial score (nSPS) is 10.6. The second-order valence-electron chi connectivity index (χ2n) is 7.56. The summed E-state index contributed by atoms with van der Waals surface area (Å²) < 4.78 is 1.88. The van der Waals surface area contributed by atoms with Crippen LogP contribution in [0.25, 0.3) is 11.0 Å². The molecule has 2 heterocycles. The molecular weight excluding hydrogens is 410 g/mol. The Morgan fingerprint density at radius 1 is 0.758 bits per heavy atom. The number of anilines is 4. The smallest absolute Gasteiger partial charge is 0.165 e. The van der Waals surface area contributed by atoms with Gasteiger partial charge in [-0.25, -0.2) is 14.6 Å². The average Bonchev–Trinajstić information content (AvgIpc) is 3.19. The van der Waals surface area contributed by atoms with Crippen molar-refractivity contribution in [2.24, 2.45) is 0 Å². The SMILES string of the molecule is N#CCc1cccc(Nc2ncnc3c2c(Nc2ccccc2)nn3Cc2ccccc2)c1. The Morgan fingerprint density at radius 2 is 1.45 bits per heavy atom. The molecule has 5 rings (SSSR count). The van der Waals surface area contributed by atoms with E-state index in [1.165, 1.54) is 0 Å². The summed E-state index contributed by atoms with van der Waals surface area (Å²) in [6, 6.07) is 30.0. The lowest BCUT2D eigenvalue weighted by atomic mass is 10.1. The summed E-state index contributed by atoms with van der Waals surface area (Å²) in [7, 11) is 0. The summed E-state index contributed by atoms with van der Waals surface area (Å²) in [6.45, 7) is 0.585. The average molecular weight is 432 g/mol. The van der Waals surface area contributed by atoms with Gasteiger partial charge < -0.3 is 10.6 Å². The van der Waals surface area contributed by atoms with E-state index in [0.717, 1.165) is 33.5 Å². The molecule has 0 aliphatic carbocycles. The van der Waals surface area contributed by atoms with Gasteiger partial charge in [0.25, 0.3) is 0 Å². The number of nitriles is 1. The Bertz CT molecular complexity index is 1420. The first kappa shape index (κ1) is 20.2. The lowest BCUT2D eigenvalue weighted by Crippen LogP contribution is -2.03. The number of benzene rings is 3. The molecule has 7 heteroatoms. The van der Waals surface area contributed by atoms with E-state index in [1.807, 2.05) is 77.5 Å². The van der Waals surface area contributed by atoms with Gasteiger partial charge in [0.15, 0.2) is 11.5 Å². The maximum Gasteiger partial charge on any atom is 0.165 e. The van der Waals surface area contributed by atoms with E-state index in [9.17, 15) is 0 Å². The van der Waals surface area contributed by atoms with Crippen molar-refractivity contribution in [1.82, 2.24) is 19.7 Å². The van der Waals surface area contributed by atoms with Crippen LogP contribution in [-0.2, 0) is 13.0 Å². The molecular formula is C26H21N7. The van der Waals surface area contributed by atoms with Crippen LogP contribution >= 0.6 is 0 Å². The van der Waals surface area contributed by atoms with E-state index in [2.05, 4.69) is 38.8 Å². The van der Waals surface area contributed by atoms with Gasteiger partial charge in [-0.15, -0.1) is 0 Å². The number of rotatable bonds is 7. The van der Waals surface area contributed by atoms with Crippen LogP contribution < -0.4 is 10.6 Å². The predicted molar refractivity (Wildman–Crippen MR) is 130 cm³/mol. The maximum atomic E-state index is 9.03. The zero-order valence-corrected chi connectivity index (χ0v) is 17.8. The van der Waals surface area contributed by atoms with E-state index >= 15 is 0 Å². The molecule has 7 nitrogen and oxygen atoms in total. The third-order valence-corrected chi connectivity index (χ3v) is 5.21. The van der Waals surface area contributed by atoms with Crippen molar-refractivity contribution in [3.8, 4) is 6.07 Å². The zero-order chi connectivity index (χ0) is 22.5. The third kappa shape index (κ3) is 4.50. The van der Waals surface area contributed by atoms with E-state index in [4.69, 9.17) is 10.4 Å². The molecule has 3 aromatic carbocycles. The minimum atomic E-state index is 0.352. The molecule has 0 aliphatic heterocycles. The molecule has 33 heavy (non-hydrogen) atoms. The number of para-hydroxylation sites is 1. The second kappa shape index (κ2) is 9.20. The highest BCUT2D eigenvalue weighted by Crippen LogP contribution is 2.32. The molecule has 0 saturated carbocycles. The topological polar surface area (TPSA) is 91.4 Å². The van der Waals surface area contributed by atoms with Gasteiger partial charge in [0.2, 0.25) is 0 Å². The van der Waals surface area contributed by atoms with Crippen molar-refractivity contribution in [1.29, 1.82) is 5.26 Å². The fourth-order valence-electron chi connectivity index (χ4n) is 3.70. The molecule has 0 atom stereocenters. The number of aromatic nitrogens is 4. The van der Waals surface area contributed by atoms with Crippen molar-refractivity contribution >= 4 is 34.0 Å². The van der Waals surface area contributed by atoms with Crippen LogP contribution in [0.15, 0.2) is 91.3 Å². The van der Waals surface area contributed by atoms with E-state index in [-0.39, 0.29) is 0 Å². The van der Waals surface area contributed by atoms with Crippen LogP contribution in [0.2, 0.25) is 0 Å². The first-order valence-electron chi connectivity index (χ1n) is 10.6. The van der Waals surface area contributed by atoms with E-state index in [1.54, 1.807) is 6.33 Å². The highest BCUT2D eigenvalue weighted by molar-refractivity contribution is 5.99. The Balaban J connectivity index is 1.59. The van der Waals surface area contributed by atoms with Crippen molar-refractivity contribution < 1.29 is 0 Å². The van der Waals surface area contributed by atoms with Gasteiger partial charge in [-0.05, 0) is 35.4 Å². The molecule has 0 bridgehead atoms. The Labute approximate surface area is 191 Å². The minimum Gasteiger partial charge on any atom is -0.339 e. The summed E-state index contributed by atoms with van der Waals surface area (Å²) in [5.41, 5.74) is 4.57. The molecule has 5 aromatic rings. The van der Waals surface area contributed by atoms with Crippen molar-refractivity contribution in [3.05, 3.63) is 102 Å². The van der Waals surface area contributed by atoms with Crippen LogP contribution in [0.5, 0.6) is 0 Å². The number of nitrogens with one attached hydrogen (secondary N) is 2. The fraction of sp³-hybridized carbons (Fsp3) is 0.0769. The Kier molecular flexibility index (Phi) is 5.64. The summed E-state index contributed by atoms with van der Waals surface area (Å²) in [6.07, 6.45) is 1.89. The van der Waals surface area contributed by atoms with Gasteiger partial charge in [0.1, 0.15) is 17.5 Å². The van der Waals surface area contributed by atoms with Crippen LogP contribution in [0.3, 0.4) is 0 Å². The molecule has 2 aromatic heterocycles. The molecule has 0 saturated heterocycles. The van der Waals surface area contributed by atoms with Crippen molar-refractivity contribution in [3.63, 3.8) is 0 Å². The lowest BCUT2D eigenvalue weighted by Gasteiger charge is -2.09. The van der Waals surface area contributed by atoms with Crippen LogP contribution in [0.4, 0.5) is 23.0 Å². The van der Waals surface area contributed by atoms with Gasteiger partial charge in [0, 0.05) is 11.4 Å². The van der Waals surface area contributed by atoms with Gasteiger partial charge >= 0.3 is 0 Å². The fourth-order valence-corrected chi connectivity index (χ4v) is 3.70. The predicted octanol–water partition coefficient (Wildman–Crippen LogP) is 5.43. The monoisotopic (exact) mass is 431 g/mol. The second-order valence-corrected chi connectivity index (χ2v) is 7.56. The number of hydrogen-bond donors (Lipinski definition) is 2. The summed E-state index contributed by atoms with van der Waals surface area (Å²) in [5.74, 6) is 1.32. The van der Waals surface area contributed by atoms with Crippen LogP contribution in [0.1, 0.15) is 11.1 Å². The molecule has 0 aliphatic rings. The van der Waals surface area contributed by atoms with Crippen molar-refractivity contribution in [2.75, 3.05) is 10.6 Å². The molecule has 160 valence electrons. The highest BCUT2D eigenvalue weighted by atomic mass is 15.3. The first-order chi connectivity index (χ1) is 16.3. The molecule has 0 radical (unpaired) electrons. The van der Waals surface area contributed by atoms with Crippen LogP contribution in [0, 0.1) is 11.3 Å². The number of fused-ring (bicyclic) bond motifs is 1. The molecule has 0 spiro atoms.